The zero-order chi connectivity index (χ0) is 14.1. The second kappa shape index (κ2) is 5.05. The summed E-state index contributed by atoms with van der Waals surface area (Å²) in [6, 6.07) is 0. The maximum Gasteiger partial charge on any atom is 0.186 e. The molecule has 0 heterocycles. The van der Waals surface area contributed by atoms with Crippen LogP contribution in [0.15, 0.2) is 34.4 Å². The number of carbonyl (C=O) groups excluding carboxylic acids is 2. The van der Waals surface area contributed by atoms with Crippen LogP contribution in [-0.2, 0) is 9.59 Å². The van der Waals surface area contributed by atoms with Gasteiger partial charge in [-0.15, -0.1) is 0 Å². The molecule has 2 nitrogen and oxygen atoms in total. The molecule has 98 valence electrons. The monoisotopic (exact) mass is 246 g/mol. The van der Waals surface area contributed by atoms with Gasteiger partial charge in [0.25, 0.3) is 0 Å². The van der Waals surface area contributed by atoms with E-state index >= 15 is 0 Å². The van der Waals surface area contributed by atoms with Crippen molar-refractivity contribution in [3.8, 4) is 0 Å². The summed E-state index contributed by atoms with van der Waals surface area (Å²) in [5.74, 6) is -0.0463. The first-order valence-electron chi connectivity index (χ1n) is 6.37. The molecule has 0 bridgehead atoms. The molecule has 1 aliphatic carbocycles. The van der Waals surface area contributed by atoms with Crippen LogP contribution in [0.5, 0.6) is 0 Å². The lowest BCUT2D eigenvalue weighted by atomic mass is 9.75. The molecule has 0 radical (unpaired) electrons. The lowest BCUT2D eigenvalue weighted by molar-refractivity contribution is -0.116. The van der Waals surface area contributed by atoms with Crippen LogP contribution < -0.4 is 0 Å². The number of Topliss-reactive ketones (excluding diaryl/α,β-unsaturated/α-hetero) is 1. The highest BCUT2D eigenvalue weighted by atomic mass is 16.1. The van der Waals surface area contributed by atoms with Gasteiger partial charge in [-0.05, 0) is 33.3 Å². The predicted molar refractivity (Wildman–Crippen MR) is 74.3 cm³/mol. The Hall–Kier alpha value is -1.44. The molecule has 0 N–H and O–H groups in total. The quantitative estimate of drug-likeness (QED) is 0.561. The Balaban J connectivity index is 3.23. The molecule has 0 aromatic carbocycles. The molecule has 0 aromatic heterocycles. The second-order valence-electron chi connectivity index (χ2n) is 5.57. The van der Waals surface area contributed by atoms with Crippen molar-refractivity contribution in [3.63, 3.8) is 0 Å². The summed E-state index contributed by atoms with van der Waals surface area (Å²) >= 11 is 0. The van der Waals surface area contributed by atoms with Gasteiger partial charge in [0, 0.05) is 22.1 Å². The van der Waals surface area contributed by atoms with Gasteiger partial charge < -0.3 is 0 Å². The highest BCUT2D eigenvalue weighted by Gasteiger charge is 2.32. The molecular formula is C16H22O2. The number of hydrogen-bond acceptors (Lipinski definition) is 2. The molecule has 0 amide bonds. The number of rotatable bonds is 3. The summed E-state index contributed by atoms with van der Waals surface area (Å²) in [6.45, 7) is 11.5. The molecule has 0 aromatic rings. The van der Waals surface area contributed by atoms with E-state index in [1.807, 2.05) is 20.8 Å². The predicted octanol–water partition coefficient (Wildman–Crippen LogP) is 3.78. The molecule has 1 rings (SSSR count). The van der Waals surface area contributed by atoms with Crippen LogP contribution >= 0.6 is 0 Å². The Morgan fingerprint density at radius 2 is 1.78 bits per heavy atom. The zero-order valence-corrected chi connectivity index (χ0v) is 12.2. The fourth-order valence-corrected chi connectivity index (χ4v) is 2.14. The van der Waals surface area contributed by atoms with Gasteiger partial charge in [-0.2, -0.15) is 0 Å². The summed E-state index contributed by atoms with van der Waals surface area (Å²) < 4.78 is 0. The fraction of sp³-hybridized carbons (Fsp3) is 0.500. The van der Waals surface area contributed by atoms with E-state index < -0.39 is 5.41 Å². The summed E-state index contributed by atoms with van der Waals surface area (Å²) in [5.41, 5.74) is 2.58. The van der Waals surface area contributed by atoms with Crippen molar-refractivity contribution in [2.24, 2.45) is 5.41 Å². The molecule has 18 heavy (non-hydrogen) atoms. The van der Waals surface area contributed by atoms with Crippen LogP contribution in [0.25, 0.3) is 0 Å². The smallest absolute Gasteiger partial charge is 0.186 e. The van der Waals surface area contributed by atoms with Crippen molar-refractivity contribution in [1.29, 1.82) is 0 Å². The number of allylic oxidation sites excluding steroid dienone is 6. The van der Waals surface area contributed by atoms with Crippen LogP contribution in [-0.4, -0.2) is 11.6 Å². The molecule has 0 saturated carbocycles. The normalized spacial score (nSPS) is 18.3. The van der Waals surface area contributed by atoms with Gasteiger partial charge in [-0.25, -0.2) is 0 Å². The molecule has 0 unspecified atom stereocenters. The van der Waals surface area contributed by atoms with E-state index in [1.165, 1.54) is 11.6 Å². The topological polar surface area (TPSA) is 34.1 Å². The van der Waals surface area contributed by atoms with Crippen molar-refractivity contribution >= 4 is 11.6 Å². The highest BCUT2D eigenvalue weighted by molar-refractivity contribution is 6.22. The van der Waals surface area contributed by atoms with Crippen molar-refractivity contribution in [1.82, 2.24) is 0 Å². The fourth-order valence-electron chi connectivity index (χ4n) is 2.14. The van der Waals surface area contributed by atoms with E-state index in [4.69, 9.17) is 0 Å². The Morgan fingerprint density at radius 1 is 1.22 bits per heavy atom. The third-order valence-electron chi connectivity index (χ3n) is 3.65. The first-order chi connectivity index (χ1) is 8.20. The van der Waals surface area contributed by atoms with Crippen LogP contribution in [0.3, 0.4) is 0 Å². The average Bonchev–Trinajstić information content (AvgIpc) is 2.30. The van der Waals surface area contributed by atoms with Crippen LogP contribution in [0.2, 0.25) is 0 Å². The largest absolute Gasteiger partial charge is 0.290 e. The van der Waals surface area contributed by atoms with E-state index in [0.29, 0.717) is 16.7 Å². The Labute approximate surface area is 109 Å². The van der Waals surface area contributed by atoms with E-state index in [-0.39, 0.29) is 11.6 Å². The maximum absolute atomic E-state index is 12.3. The summed E-state index contributed by atoms with van der Waals surface area (Å²) in [4.78, 5) is 24.1. The molecule has 0 fully saturated rings. The third-order valence-corrected chi connectivity index (χ3v) is 3.65. The number of ketones is 2. The summed E-state index contributed by atoms with van der Waals surface area (Å²) in [5, 5.41) is 0. The van der Waals surface area contributed by atoms with Gasteiger partial charge in [0.1, 0.15) is 0 Å². The molecule has 0 saturated heterocycles. The van der Waals surface area contributed by atoms with Gasteiger partial charge in [0.15, 0.2) is 11.6 Å². The maximum atomic E-state index is 12.3. The second-order valence-corrected chi connectivity index (χ2v) is 5.57. The van der Waals surface area contributed by atoms with Crippen LogP contribution in [0, 0.1) is 5.41 Å². The first-order valence-corrected chi connectivity index (χ1v) is 6.37. The Kier molecular flexibility index (Phi) is 4.10. The molecule has 0 atom stereocenters. The lowest BCUT2D eigenvalue weighted by Crippen LogP contribution is -2.26. The van der Waals surface area contributed by atoms with Gasteiger partial charge in [-0.3, -0.25) is 9.59 Å². The standard InChI is InChI=1S/C16H22O2/c1-7-10(2)9-16(5,6)13-8-14(17)11(3)12(4)15(13)18/h8-9H,7H2,1-6H3/b10-9+. The zero-order valence-electron chi connectivity index (χ0n) is 12.2. The van der Waals surface area contributed by atoms with Crippen LogP contribution in [0.1, 0.15) is 48.0 Å². The summed E-state index contributed by atoms with van der Waals surface area (Å²) in [7, 11) is 0. The van der Waals surface area contributed by atoms with Gasteiger partial charge >= 0.3 is 0 Å². The minimum Gasteiger partial charge on any atom is -0.290 e. The Morgan fingerprint density at radius 3 is 2.28 bits per heavy atom. The van der Waals surface area contributed by atoms with E-state index in [9.17, 15) is 9.59 Å². The average molecular weight is 246 g/mol. The van der Waals surface area contributed by atoms with Crippen molar-refractivity contribution in [3.05, 3.63) is 34.4 Å². The minimum atomic E-state index is -0.394. The Bertz CT molecular complexity index is 485. The van der Waals surface area contributed by atoms with Crippen molar-refractivity contribution < 1.29 is 9.59 Å². The van der Waals surface area contributed by atoms with E-state index in [1.54, 1.807) is 13.8 Å². The van der Waals surface area contributed by atoms with Crippen molar-refractivity contribution in [2.75, 3.05) is 0 Å². The van der Waals surface area contributed by atoms with E-state index in [2.05, 4.69) is 13.0 Å². The first kappa shape index (κ1) is 14.6. The van der Waals surface area contributed by atoms with E-state index in [0.717, 1.165) is 6.42 Å². The minimum absolute atomic E-state index is 0.00254. The third kappa shape index (κ3) is 2.69. The highest BCUT2D eigenvalue weighted by Crippen LogP contribution is 2.35. The molecule has 1 aliphatic rings. The molecule has 2 heteroatoms. The van der Waals surface area contributed by atoms with Crippen molar-refractivity contribution in [2.45, 2.75) is 48.0 Å². The molecular weight excluding hydrogens is 224 g/mol. The van der Waals surface area contributed by atoms with Gasteiger partial charge in [-0.1, -0.05) is 32.4 Å². The molecule has 0 spiro atoms. The molecule has 0 aliphatic heterocycles. The van der Waals surface area contributed by atoms with Crippen LogP contribution in [0.4, 0.5) is 0 Å². The van der Waals surface area contributed by atoms with Gasteiger partial charge in [0.2, 0.25) is 0 Å². The number of hydrogen-bond donors (Lipinski definition) is 0. The lowest BCUT2D eigenvalue weighted by Gasteiger charge is -2.27. The SMILES string of the molecule is CC/C(C)=C/C(C)(C)C1=CC(=O)C(C)=C(C)C1=O. The van der Waals surface area contributed by atoms with Gasteiger partial charge in [0.05, 0.1) is 0 Å². The number of carbonyl (C=O) groups is 2. The summed E-state index contributed by atoms with van der Waals surface area (Å²) in [6.07, 6.45) is 4.54.